The van der Waals surface area contributed by atoms with Gasteiger partial charge in [-0.3, -0.25) is 0 Å². The van der Waals surface area contributed by atoms with Crippen molar-refractivity contribution in [2.45, 2.75) is 33.5 Å². The zero-order chi connectivity index (χ0) is 9.56. The number of hydrogen-bond acceptors (Lipinski definition) is 1. The highest BCUT2D eigenvalue weighted by molar-refractivity contribution is 7.80. The minimum absolute atomic E-state index is 0.614. The molecule has 0 saturated heterocycles. The number of allylic oxidation sites excluding steroid dienone is 4. The van der Waals surface area contributed by atoms with Crippen molar-refractivity contribution in [1.29, 1.82) is 0 Å². The van der Waals surface area contributed by atoms with Crippen LogP contribution in [-0.2, 0) is 0 Å². The van der Waals surface area contributed by atoms with Crippen molar-refractivity contribution >= 4 is 24.4 Å². The van der Waals surface area contributed by atoms with Crippen molar-refractivity contribution in [2.75, 3.05) is 0 Å². The number of hydrogen-bond donors (Lipinski definition) is 0. The van der Waals surface area contributed by atoms with E-state index >= 15 is 0 Å². The van der Waals surface area contributed by atoms with Crippen molar-refractivity contribution in [2.24, 2.45) is 0 Å². The zero-order valence-electron chi connectivity index (χ0n) is 8.29. The molecule has 0 heterocycles. The van der Waals surface area contributed by atoms with Crippen LogP contribution in [0.2, 0.25) is 5.82 Å². The molecular formula is C10H16BS. The second kappa shape index (κ2) is 6.18. The Morgan fingerprint density at radius 1 is 1.33 bits per heavy atom. The average molecular weight is 179 g/mol. The Kier molecular flexibility index (Phi) is 6.00. The fourth-order valence-corrected chi connectivity index (χ4v) is 0.995. The van der Waals surface area contributed by atoms with Gasteiger partial charge in [0.15, 0.2) is 0 Å². The number of thiocarbonyl (C=S) groups is 1. The summed E-state index contributed by atoms with van der Waals surface area (Å²) in [5.41, 5.74) is 1.29. The SMILES string of the molecule is CC(=S)/C=C\C=C(/C)[B]C(C)C. The van der Waals surface area contributed by atoms with Crippen molar-refractivity contribution in [1.82, 2.24) is 0 Å². The van der Waals surface area contributed by atoms with Gasteiger partial charge in [-0.2, -0.15) is 0 Å². The molecule has 0 aromatic rings. The van der Waals surface area contributed by atoms with Crippen molar-refractivity contribution < 1.29 is 0 Å². The van der Waals surface area contributed by atoms with Gasteiger partial charge in [-0.25, -0.2) is 0 Å². The third-order valence-corrected chi connectivity index (χ3v) is 1.42. The van der Waals surface area contributed by atoms with E-state index in [1.807, 2.05) is 19.1 Å². The van der Waals surface area contributed by atoms with E-state index in [0.29, 0.717) is 5.82 Å². The summed E-state index contributed by atoms with van der Waals surface area (Å²) in [5, 5.41) is 0. The van der Waals surface area contributed by atoms with E-state index in [9.17, 15) is 0 Å². The highest BCUT2D eigenvalue weighted by atomic mass is 32.1. The van der Waals surface area contributed by atoms with Gasteiger partial charge in [0.25, 0.3) is 0 Å². The Hall–Kier alpha value is -0.365. The van der Waals surface area contributed by atoms with E-state index in [-0.39, 0.29) is 0 Å². The Balaban J connectivity index is 3.92. The van der Waals surface area contributed by atoms with Gasteiger partial charge in [-0.15, -0.1) is 5.47 Å². The summed E-state index contributed by atoms with van der Waals surface area (Å²) in [7, 11) is 2.23. The lowest BCUT2D eigenvalue weighted by molar-refractivity contribution is 1.06. The maximum Gasteiger partial charge on any atom is 0.148 e. The summed E-state index contributed by atoms with van der Waals surface area (Å²) >= 11 is 4.91. The molecular weight excluding hydrogens is 163 g/mol. The fourth-order valence-electron chi connectivity index (χ4n) is 0.917. The minimum atomic E-state index is 0.614. The highest BCUT2D eigenvalue weighted by Crippen LogP contribution is 2.04. The fraction of sp³-hybridized carbons (Fsp3) is 0.500. The smallest absolute Gasteiger partial charge is 0.112 e. The Bertz CT molecular complexity index is 202. The van der Waals surface area contributed by atoms with E-state index in [0.717, 1.165) is 4.86 Å². The molecule has 0 amide bonds. The van der Waals surface area contributed by atoms with E-state index in [1.165, 1.54) is 5.47 Å². The van der Waals surface area contributed by atoms with E-state index in [1.54, 1.807) is 0 Å². The highest BCUT2D eigenvalue weighted by Gasteiger charge is 1.96. The van der Waals surface area contributed by atoms with Gasteiger partial charge in [-0.05, 0) is 13.0 Å². The summed E-state index contributed by atoms with van der Waals surface area (Å²) in [4.78, 5) is 0.920. The molecule has 65 valence electrons. The quantitative estimate of drug-likeness (QED) is 0.276. The molecule has 0 fully saturated rings. The second-order valence-corrected chi connectivity index (χ2v) is 3.94. The van der Waals surface area contributed by atoms with Crippen LogP contribution in [0.5, 0.6) is 0 Å². The first-order chi connectivity index (χ1) is 5.52. The van der Waals surface area contributed by atoms with Gasteiger partial charge >= 0.3 is 0 Å². The van der Waals surface area contributed by atoms with Crippen LogP contribution in [0.25, 0.3) is 0 Å². The molecule has 0 bridgehead atoms. The molecule has 0 nitrogen and oxygen atoms in total. The van der Waals surface area contributed by atoms with Gasteiger partial charge in [0.1, 0.15) is 7.28 Å². The topological polar surface area (TPSA) is 0 Å². The summed E-state index contributed by atoms with van der Waals surface area (Å²) in [6, 6.07) is 0. The molecule has 0 saturated carbocycles. The third kappa shape index (κ3) is 7.74. The van der Waals surface area contributed by atoms with Crippen molar-refractivity contribution in [3.05, 3.63) is 23.7 Å². The molecule has 0 aromatic heterocycles. The van der Waals surface area contributed by atoms with Crippen LogP contribution in [0.4, 0.5) is 0 Å². The van der Waals surface area contributed by atoms with Crippen LogP contribution < -0.4 is 0 Å². The molecule has 0 rings (SSSR count). The molecule has 2 heteroatoms. The van der Waals surface area contributed by atoms with Crippen LogP contribution in [0, 0.1) is 0 Å². The molecule has 0 unspecified atom stereocenters. The predicted octanol–water partition coefficient (Wildman–Crippen LogP) is 3.37. The van der Waals surface area contributed by atoms with Gasteiger partial charge in [0, 0.05) is 4.86 Å². The van der Waals surface area contributed by atoms with Crippen LogP contribution in [0.3, 0.4) is 0 Å². The van der Waals surface area contributed by atoms with Gasteiger partial charge in [0.2, 0.25) is 0 Å². The van der Waals surface area contributed by atoms with Gasteiger partial charge in [0.05, 0.1) is 0 Å². The van der Waals surface area contributed by atoms with Crippen LogP contribution >= 0.6 is 12.2 Å². The van der Waals surface area contributed by atoms with Crippen molar-refractivity contribution in [3.63, 3.8) is 0 Å². The lowest BCUT2D eigenvalue weighted by Crippen LogP contribution is -1.96. The first-order valence-electron chi connectivity index (χ1n) is 4.22. The van der Waals surface area contributed by atoms with E-state index < -0.39 is 0 Å². The van der Waals surface area contributed by atoms with Gasteiger partial charge < -0.3 is 0 Å². The maximum atomic E-state index is 4.91. The molecule has 0 N–H and O–H groups in total. The lowest BCUT2D eigenvalue weighted by atomic mass is 9.60. The molecule has 0 aromatic carbocycles. The summed E-state index contributed by atoms with van der Waals surface area (Å²) in [5.74, 6) is 0.614. The van der Waals surface area contributed by atoms with E-state index in [4.69, 9.17) is 12.2 Å². The predicted molar refractivity (Wildman–Crippen MR) is 62.0 cm³/mol. The Morgan fingerprint density at radius 2 is 1.92 bits per heavy atom. The molecule has 0 aliphatic heterocycles. The molecule has 12 heavy (non-hydrogen) atoms. The molecule has 0 spiro atoms. The molecule has 0 aliphatic rings. The largest absolute Gasteiger partial charge is 0.148 e. The zero-order valence-corrected chi connectivity index (χ0v) is 9.11. The summed E-state index contributed by atoms with van der Waals surface area (Å²) in [6.07, 6.45) is 6.01. The standard InChI is InChI=1S/C10H16BS/c1-8(2)11-9(3)6-5-7-10(4)12/h5-8H,1-4H3/b7-5-,9-6+. The third-order valence-electron chi connectivity index (χ3n) is 1.29. The average Bonchev–Trinajstić information content (AvgIpc) is 1.84. The molecule has 0 aliphatic carbocycles. The van der Waals surface area contributed by atoms with E-state index in [2.05, 4.69) is 34.1 Å². The first-order valence-corrected chi connectivity index (χ1v) is 4.63. The van der Waals surface area contributed by atoms with Crippen LogP contribution in [0.15, 0.2) is 23.7 Å². The number of rotatable bonds is 4. The van der Waals surface area contributed by atoms with Crippen LogP contribution in [-0.4, -0.2) is 12.1 Å². The summed E-state index contributed by atoms with van der Waals surface area (Å²) in [6.45, 7) is 8.36. The normalized spacial score (nSPS) is 12.6. The maximum absolute atomic E-state index is 4.91. The lowest BCUT2D eigenvalue weighted by Gasteiger charge is -2.00. The first kappa shape index (κ1) is 11.6. The second-order valence-electron chi connectivity index (χ2n) is 3.29. The minimum Gasteiger partial charge on any atom is -0.112 e. The Morgan fingerprint density at radius 3 is 2.33 bits per heavy atom. The Labute approximate surface area is 82.0 Å². The molecule has 0 atom stereocenters. The van der Waals surface area contributed by atoms with Gasteiger partial charge in [-0.1, -0.05) is 51.0 Å². The molecule has 1 radical (unpaired) electrons. The monoisotopic (exact) mass is 179 g/mol. The van der Waals surface area contributed by atoms with Crippen molar-refractivity contribution in [3.8, 4) is 0 Å². The summed E-state index contributed by atoms with van der Waals surface area (Å²) < 4.78 is 0. The van der Waals surface area contributed by atoms with Crippen LogP contribution in [0.1, 0.15) is 27.7 Å².